The number of benzene rings is 2. The predicted molar refractivity (Wildman–Crippen MR) is 110 cm³/mol. The molecule has 1 saturated heterocycles. The maximum Gasteiger partial charge on any atom is 0.341 e. The van der Waals surface area contributed by atoms with Gasteiger partial charge >= 0.3 is 5.97 Å². The number of hydrogen-bond acceptors (Lipinski definition) is 5. The van der Waals surface area contributed by atoms with Gasteiger partial charge in [0.25, 0.3) is 5.91 Å². The van der Waals surface area contributed by atoms with Gasteiger partial charge in [0.1, 0.15) is 5.75 Å². The Kier molecular flexibility index (Phi) is 5.94. The lowest BCUT2D eigenvalue weighted by atomic mass is 10.2. The molecule has 0 bridgehead atoms. The largest absolute Gasteiger partial charge is 0.482 e. The number of halogens is 1. The molecule has 0 unspecified atom stereocenters. The number of aliphatic carboxylic acids is 1. The second-order valence-electron chi connectivity index (χ2n) is 5.22. The number of nitrogens with one attached hydrogen (secondary N) is 1. The summed E-state index contributed by atoms with van der Waals surface area (Å²) in [6.45, 7) is -0.415. The van der Waals surface area contributed by atoms with Gasteiger partial charge in [-0.3, -0.25) is 4.79 Å². The molecule has 2 N–H and O–H groups in total. The van der Waals surface area contributed by atoms with Crippen molar-refractivity contribution in [3.63, 3.8) is 0 Å². The summed E-state index contributed by atoms with van der Waals surface area (Å²) >= 11 is 3.46. The van der Waals surface area contributed by atoms with Crippen LogP contribution in [0.2, 0.25) is 0 Å². The van der Waals surface area contributed by atoms with Crippen LogP contribution in [0.3, 0.4) is 0 Å². The van der Waals surface area contributed by atoms with E-state index < -0.39 is 12.6 Å². The maximum atomic E-state index is 12.2. The molecule has 0 aliphatic carbocycles. The van der Waals surface area contributed by atoms with Crippen LogP contribution in [0.4, 0.5) is 5.69 Å². The van der Waals surface area contributed by atoms with E-state index in [1.165, 1.54) is 11.8 Å². The third kappa shape index (κ3) is 5.09. The van der Waals surface area contributed by atoms with Gasteiger partial charge in [0.05, 0.1) is 10.6 Å². The highest BCUT2D eigenvalue weighted by atomic mass is 127. The lowest BCUT2D eigenvalue weighted by Gasteiger charge is -2.03. The minimum atomic E-state index is -1.05. The molecule has 3 rings (SSSR count). The maximum absolute atomic E-state index is 12.2. The minimum Gasteiger partial charge on any atom is -0.482 e. The van der Waals surface area contributed by atoms with Crippen LogP contribution in [0, 0.1) is 3.57 Å². The Bertz CT molecular complexity index is 927. The first kappa shape index (κ1) is 18.5. The molecule has 8 heteroatoms. The highest BCUT2D eigenvalue weighted by molar-refractivity contribution is 14.1. The highest BCUT2D eigenvalue weighted by Gasteiger charge is 2.23. The Morgan fingerprint density at radius 3 is 2.85 bits per heavy atom. The molecule has 1 aliphatic heterocycles. The molecule has 2 aromatic carbocycles. The summed E-state index contributed by atoms with van der Waals surface area (Å²) in [5.74, 6) is -0.843. The van der Waals surface area contributed by atoms with E-state index in [1.54, 1.807) is 24.3 Å². The number of carboxylic acid groups (broad SMARTS) is 1. The van der Waals surface area contributed by atoms with Crippen molar-refractivity contribution in [1.29, 1.82) is 0 Å². The molecule has 26 heavy (non-hydrogen) atoms. The number of nitrogens with zero attached hydrogens (tertiary/aromatic N) is 1. The number of aliphatic imine (C=N–C) groups is 1. The molecule has 6 nitrogen and oxygen atoms in total. The zero-order chi connectivity index (χ0) is 18.5. The molecule has 0 atom stereocenters. The Hall–Kier alpha value is -2.33. The zero-order valence-electron chi connectivity index (χ0n) is 13.3. The fraction of sp³-hybridized carbons (Fsp3) is 0.0556. The molecule has 2 aromatic rings. The van der Waals surface area contributed by atoms with Gasteiger partial charge in [0, 0.05) is 3.57 Å². The van der Waals surface area contributed by atoms with E-state index in [-0.39, 0.29) is 5.91 Å². The zero-order valence-corrected chi connectivity index (χ0v) is 16.3. The summed E-state index contributed by atoms with van der Waals surface area (Å²) in [6, 6.07) is 14.6. The summed E-state index contributed by atoms with van der Waals surface area (Å²) in [4.78, 5) is 27.7. The van der Waals surface area contributed by atoms with Gasteiger partial charge in [-0.15, -0.1) is 0 Å². The minimum absolute atomic E-state index is 0.226. The van der Waals surface area contributed by atoms with Gasteiger partial charge in [-0.25, -0.2) is 9.79 Å². The average molecular weight is 480 g/mol. The topological polar surface area (TPSA) is 88.0 Å². The van der Waals surface area contributed by atoms with Crippen molar-refractivity contribution in [2.75, 3.05) is 6.61 Å². The van der Waals surface area contributed by atoms with Gasteiger partial charge in [-0.05, 0) is 76.3 Å². The van der Waals surface area contributed by atoms with Crippen LogP contribution < -0.4 is 10.1 Å². The summed E-state index contributed by atoms with van der Waals surface area (Å²) < 4.78 is 6.21. The number of thioether (sulfide) groups is 1. The summed E-state index contributed by atoms with van der Waals surface area (Å²) in [7, 11) is 0. The van der Waals surface area contributed by atoms with Crippen LogP contribution in [0.1, 0.15) is 5.56 Å². The number of amidine groups is 1. The SMILES string of the molecule is O=C(O)COc1cccc(/C=C2/SC(=Nc3cccc(I)c3)NC2=O)c1. The third-order valence-electron chi connectivity index (χ3n) is 3.21. The molecule has 132 valence electrons. The number of hydrogen-bond donors (Lipinski definition) is 2. The fourth-order valence-corrected chi connectivity index (χ4v) is 3.50. The lowest BCUT2D eigenvalue weighted by Crippen LogP contribution is -2.19. The summed E-state index contributed by atoms with van der Waals surface area (Å²) in [6.07, 6.45) is 1.71. The summed E-state index contributed by atoms with van der Waals surface area (Å²) in [5, 5.41) is 11.9. The Morgan fingerprint density at radius 1 is 1.27 bits per heavy atom. The van der Waals surface area contributed by atoms with E-state index in [0.717, 1.165) is 14.8 Å². The van der Waals surface area contributed by atoms with Gasteiger partial charge in [-0.1, -0.05) is 18.2 Å². The molecule has 1 heterocycles. The Balaban J connectivity index is 1.76. The van der Waals surface area contributed by atoms with Crippen LogP contribution in [0.15, 0.2) is 58.4 Å². The molecule has 0 saturated carbocycles. The van der Waals surface area contributed by atoms with Gasteiger partial charge in [0.2, 0.25) is 0 Å². The van der Waals surface area contributed by atoms with Crippen LogP contribution in [0.25, 0.3) is 6.08 Å². The fourth-order valence-electron chi connectivity index (χ4n) is 2.13. The Morgan fingerprint density at radius 2 is 2.08 bits per heavy atom. The van der Waals surface area contributed by atoms with Crippen molar-refractivity contribution in [3.05, 3.63) is 62.6 Å². The third-order valence-corrected chi connectivity index (χ3v) is 4.79. The van der Waals surface area contributed by atoms with Crippen molar-refractivity contribution in [2.24, 2.45) is 4.99 Å². The van der Waals surface area contributed by atoms with Crippen LogP contribution in [0.5, 0.6) is 5.75 Å². The molecule has 0 radical (unpaired) electrons. The number of carbonyl (C=O) groups is 2. The van der Waals surface area contributed by atoms with Crippen molar-refractivity contribution >= 4 is 63.2 Å². The standard InChI is InChI=1S/C18H13IN2O4S/c19-12-4-2-5-13(9-12)20-18-21-17(24)15(26-18)8-11-3-1-6-14(7-11)25-10-16(22)23/h1-9H,10H2,(H,22,23)(H,20,21,24)/b15-8+. The van der Waals surface area contributed by atoms with Gasteiger partial charge < -0.3 is 15.2 Å². The normalized spacial score (nSPS) is 16.7. The van der Waals surface area contributed by atoms with E-state index in [2.05, 4.69) is 32.9 Å². The van der Waals surface area contributed by atoms with E-state index in [0.29, 0.717) is 15.8 Å². The van der Waals surface area contributed by atoms with E-state index in [1.807, 2.05) is 30.3 Å². The lowest BCUT2D eigenvalue weighted by molar-refractivity contribution is -0.139. The number of carbonyl (C=O) groups excluding carboxylic acids is 1. The van der Waals surface area contributed by atoms with Crippen LogP contribution in [-0.2, 0) is 9.59 Å². The Labute approximate surface area is 167 Å². The second kappa shape index (κ2) is 8.37. The first-order valence-corrected chi connectivity index (χ1v) is 9.39. The van der Waals surface area contributed by atoms with E-state index >= 15 is 0 Å². The molecule has 1 amide bonds. The smallest absolute Gasteiger partial charge is 0.341 e. The van der Waals surface area contributed by atoms with Crippen LogP contribution >= 0.6 is 34.4 Å². The van der Waals surface area contributed by atoms with Crippen LogP contribution in [-0.4, -0.2) is 28.8 Å². The number of carboxylic acids is 1. The molecule has 0 aromatic heterocycles. The number of ether oxygens (including phenoxy) is 1. The van der Waals surface area contributed by atoms with Crippen molar-refractivity contribution < 1.29 is 19.4 Å². The molecule has 1 fully saturated rings. The second-order valence-corrected chi connectivity index (χ2v) is 7.49. The monoisotopic (exact) mass is 480 g/mol. The predicted octanol–water partition coefficient (Wildman–Crippen LogP) is 3.65. The molecule has 1 aliphatic rings. The van der Waals surface area contributed by atoms with Crippen molar-refractivity contribution in [2.45, 2.75) is 0 Å². The summed E-state index contributed by atoms with van der Waals surface area (Å²) in [5.41, 5.74) is 1.51. The van der Waals surface area contributed by atoms with E-state index in [9.17, 15) is 9.59 Å². The van der Waals surface area contributed by atoms with Crippen molar-refractivity contribution in [3.8, 4) is 5.75 Å². The first-order valence-electron chi connectivity index (χ1n) is 7.49. The first-order chi connectivity index (χ1) is 12.5. The molecule has 0 spiro atoms. The quantitative estimate of drug-likeness (QED) is 0.504. The number of rotatable bonds is 5. The van der Waals surface area contributed by atoms with E-state index in [4.69, 9.17) is 9.84 Å². The van der Waals surface area contributed by atoms with Gasteiger partial charge in [0.15, 0.2) is 11.8 Å². The highest BCUT2D eigenvalue weighted by Crippen LogP contribution is 2.29. The number of amides is 1. The average Bonchev–Trinajstić information content (AvgIpc) is 2.92. The molecular formula is C18H13IN2O4S. The van der Waals surface area contributed by atoms with Gasteiger partial charge in [-0.2, -0.15) is 0 Å². The van der Waals surface area contributed by atoms with Crippen molar-refractivity contribution in [1.82, 2.24) is 5.32 Å². The molecular weight excluding hydrogens is 467 g/mol.